The molecule has 3 amide bonds. The lowest BCUT2D eigenvalue weighted by Crippen LogP contribution is -2.48. The summed E-state index contributed by atoms with van der Waals surface area (Å²) in [6.07, 6.45) is 1.16. The number of hydrogen-bond donors (Lipinski definition) is 3. The number of benzene rings is 1. The van der Waals surface area contributed by atoms with E-state index in [1.54, 1.807) is 23.6 Å². The van der Waals surface area contributed by atoms with E-state index in [4.69, 9.17) is 5.73 Å². The number of nitrogen functional groups attached to an aromatic ring is 1. The lowest BCUT2D eigenvalue weighted by Gasteiger charge is -2.27. The molecular weight excluding hydrogens is 451 g/mol. The Hall–Kier alpha value is -3.80. The number of aromatic nitrogens is 2. The summed E-state index contributed by atoms with van der Waals surface area (Å²) in [4.78, 5) is 40.4. The van der Waals surface area contributed by atoms with Crippen LogP contribution in [0.1, 0.15) is 44.6 Å². The van der Waals surface area contributed by atoms with Crippen LogP contribution in [-0.2, 0) is 4.79 Å². The van der Waals surface area contributed by atoms with Crippen LogP contribution in [0.25, 0.3) is 0 Å². The van der Waals surface area contributed by atoms with E-state index in [1.807, 2.05) is 0 Å². The van der Waals surface area contributed by atoms with E-state index in [0.717, 1.165) is 0 Å². The van der Waals surface area contributed by atoms with Gasteiger partial charge in [-0.15, -0.1) is 11.3 Å². The van der Waals surface area contributed by atoms with E-state index in [-0.39, 0.29) is 29.5 Å². The number of hydrogen-bond acceptors (Lipinski definition) is 8. The van der Waals surface area contributed by atoms with Gasteiger partial charge in [0.05, 0.1) is 10.9 Å². The Labute approximate surface area is 191 Å². The third-order valence-electron chi connectivity index (χ3n) is 5.34. The summed E-state index contributed by atoms with van der Waals surface area (Å²) in [6.45, 7) is 0.303. The monoisotopic (exact) mass is 472 g/mol. The molecule has 0 saturated carbocycles. The molecule has 10 nitrogen and oxygen atoms in total. The molecule has 0 radical (unpaired) electrons. The summed E-state index contributed by atoms with van der Waals surface area (Å²) in [5.41, 5.74) is 5.51. The minimum Gasteiger partial charge on any atom is -0.379 e. The number of carbonyl (C=O) groups excluding carboxylic acids is 3. The number of halogens is 1. The first-order valence-corrected chi connectivity index (χ1v) is 11.1. The fourth-order valence-corrected chi connectivity index (χ4v) is 4.40. The van der Waals surface area contributed by atoms with Crippen LogP contribution in [0.4, 0.5) is 10.2 Å². The first-order valence-electron chi connectivity index (χ1n) is 10.2. The lowest BCUT2D eigenvalue weighted by atomic mass is 10.0. The van der Waals surface area contributed by atoms with Crippen LogP contribution in [0, 0.1) is 5.82 Å². The van der Waals surface area contributed by atoms with E-state index in [0.29, 0.717) is 24.3 Å². The van der Waals surface area contributed by atoms with Crippen LogP contribution >= 0.6 is 11.3 Å². The van der Waals surface area contributed by atoms with Gasteiger partial charge in [-0.1, -0.05) is 24.3 Å². The van der Waals surface area contributed by atoms with Crippen molar-refractivity contribution < 1.29 is 23.4 Å². The SMILES string of the molecule is Nc1nonc1C(=O)NCC(NC(=O)[C@@H]1CCCN1C(=O)c1cccs1)c1ccccc1F. The van der Waals surface area contributed by atoms with Gasteiger partial charge in [-0.25, -0.2) is 9.02 Å². The molecule has 1 fully saturated rings. The van der Waals surface area contributed by atoms with Crippen molar-refractivity contribution in [3.05, 3.63) is 63.7 Å². The predicted octanol–water partition coefficient (Wildman–Crippen LogP) is 1.74. The van der Waals surface area contributed by atoms with Gasteiger partial charge in [-0.3, -0.25) is 14.4 Å². The van der Waals surface area contributed by atoms with Crippen LogP contribution in [-0.4, -0.2) is 52.1 Å². The maximum absolute atomic E-state index is 14.5. The minimum absolute atomic E-state index is 0.149. The summed E-state index contributed by atoms with van der Waals surface area (Å²) in [7, 11) is 0. The fraction of sp³-hybridized carbons (Fsp3) is 0.286. The molecule has 172 valence electrons. The number of nitrogens with two attached hydrogens (primary N) is 1. The molecule has 1 aliphatic heterocycles. The second kappa shape index (κ2) is 9.77. The zero-order valence-corrected chi connectivity index (χ0v) is 18.2. The van der Waals surface area contributed by atoms with Gasteiger partial charge in [0.1, 0.15) is 11.9 Å². The molecule has 0 bridgehead atoms. The van der Waals surface area contributed by atoms with Gasteiger partial charge < -0.3 is 21.3 Å². The molecule has 1 aromatic carbocycles. The third-order valence-corrected chi connectivity index (χ3v) is 6.20. The summed E-state index contributed by atoms with van der Waals surface area (Å²) in [6, 6.07) is 7.82. The maximum atomic E-state index is 14.5. The minimum atomic E-state index is -0.900. The predicted molar refractivity (Wildman–Crippen MR) is 117 cm³/mol. The highest BCUT2D eigenvalue weighted by molar-refractivity contribution is 7.12. The Morgan fingerprint density at radius 1 is 1.24 bits per heavy atom. The number of likely N-dealkylation sites (tertiary alicyclic amines) is 1. The Balaban J connectivity index is 1.50. The average molecular weight is 473 g/mol. The second-order valence-corrected chi connectivity index (χ2v) is 8.37. The van der Waals surface area contributed by atoms with Crippen molar-refractivity contribution in [1.29, 1.82) is 0 Å². The molecule has 2 atom stereocenters. The lowest BCUT2D eigenvalue weighted by molar-refractivity contribution is -0.125. The number of thiophene rings is 1. The molecule has 12 heteroatoms. The number of nitrogens with zero attached hydrogens (tertiary/aromatic N) is 3. The van der Waals surface area contributed by atoms with Crippen molar-refractivity contribution in [2.45, 2.75) is 24.9 Å². The smallest absolute Gasteiger partial charge is 0.277 e. The zero-order valence-electron chi connectivity index (χ0n) is 17.4. The first kappa shape index (κ1) is 22.4. The van der Waals surface area contributed by atoms with Gasteiger partial charge in [0.2, 0.25) is 17.4 Å². The van der Waals surface area contributed by atoms with Crippen LogP contribution in [0.2, 0.25) is 0 Å². The molecule has 33 heavy (non-hydrogen) atoms. The summed E-state index contributed by atoms with van der Waals surface area (Å²) in [5, 5.41) is 13.9. The van der Waals surface area contributed by atoms with Crippen molar-refractivity contribution in [3.8, 4) is 0 Å². The highest BCUT2D eigenvalue weighted by Gasteiger charge is 2.36. The van der Waals surface area contributed by atoms with Crippen molar-refractivity contribution >= 4 is 34.9 Å². The van der Waals surface area contributed by atoms with Gasteiger partial charge in [0, 0.05) is 18.7 Å². The van der Waals surface area contributed by atoms with Gasteiger partial charge in [-0.05, 0) is 40.7 Å². The highest BCUT2D eigenvalue weighted by Crippen LogP contribution is 2.24. The van der Waals surface area contributed by atoms with Crippen molar-refractivity contribution in [1.82, 2.24) is 25.8 Å². The zero-order chi connectivity index (χ0) is 23.4. The van der Waals surface area contributed by atoms with E-state index in [2.05, 4.69) is 25.6 Å². The quantitative estimate of drug-likeness (QED) is 0.475. The molecule has 1 saturated heterocycles. The van der Waals surface area contributed by atoms with Crippen LogP contribution < -0.4 is 16.4 Å². The highest BCUT2D eigenvalue weighted by atomic mass is 32.1. The number of amides is 3. The van der Waals surface area contributed by atoms with E-state index in [9.17, 15) is 18.8 Å². The number of rotatable bonds is 7. The largest absolute Gasteiger partial charge is 0.379 e. The van der Waals surface area contributed by atoms with E-state index >= 15 is 0 Å². The number of nitrogens with one attached hydrogen (secondary N) is 2. The molecule has 0 aliphatic carbocycles. The average Bonchev–Trinajstić information content (AvgIpc) is 3.58. The standard InChI is InChI=1S/C21H21FN6O4S/c22-13-6-2-1-5-12(13)14(11-24-20(30)17-18(23)27-32-26-17)25-19(29)15-7-3-9-28(15)21(31)16-8-4-10-33-16/h1-2,4-6,8,10,14-15H,3,7,9,11H2,(H2,23,27)(H,24,30)(H,25,29)/t14?,15-/m0/s1. The van der Waals surface area contributed by atoms with Gasteiger partial charge in [-0.2, -0.15) is 0 Å². The Bertz CT molecular complexity index is 1150. The molecule has 1 aliphatic rings. The van der Waals surface area contributed by atoms with E-state index in [1.165, 1.54) is 34.4 Å². The topological polar surface area (TPSA) is 143 Å². The van der Waals surface area contributed by atoms with E-state index < -0.39 is 29.7 Å². The molecule has 4 rings (SSSR count). The molecule has 4 N–H and O–H groups in total. The Kier molecular flexibility index (Phi) is 6.63. The molecule has 2 aromatic heterocycles. The number of carbonyl (C=O) groups is 3. The molecule has 1 unspecified atom stereocenters. The molecule has 0 spiro atoms. The maximum Gasteiger partial charge on any atom is 0.277 e. The Morgan fingerprint density at radius 3 is 2.76 bits per heavy atom. The number of anilines is 1. The van der Waals surface area contributed by atoms with Crippen LogP contribution in [0.15, 0.2) is 46.4 Å². The summed E-state index contributed by atoms with van der Waals surface area (Å²) < 4.78 is 19.0. The van der Waals surface area contributed by atoms with Gasteiger partial charge in [0.15, 0.2) is 0 Å². The van der Waals surface area contributed by atoms with Crippen LogP contribution in [0.5, 0.6) is 0 Å². The van der Waals surface area contributed by atoms with Crippen molar-refractivity contribution in [3.63, 3.8) is 0 Å². The van der Waals surface area contributed by atoms with Crippen molar-refractivity contribution in [2.75, 3.05) is 18.8 Å². The molecular formula is C21H21FN6O4S. The third kappa shape index (κ3) is 4.85. The second-order valence-electron chi connectivity index (χ2n) is 7.42. The normalized spacial score (nSPS) is 16.4. The fourth-order valence-electron chi connectivity index (χ4n) is 3.72. The van der Waals surface area contributed by atoms with Crippen LogP contribution in [0.3, 0.4) is 0 Å². The summed E-state index contributed by atoms with van der Waals surface area (Å²) in [5.74, 6) is -2.06. The van der Waals surface area contributed by atoms with Gasteiger partial charge >= 0.3 is 0 Å². The molecule has 3 heterocycles. The summed E-state index contributed by atoms with van der Waals surface area (Å²) >= 11 is 1.31. The Morgan fingerprint density at radius 2 is 2.06 bits per heavy atom. The van der Waals surface area contributed by atoms with Gasteiger partial charge in [0.25, 0.3) is 11.8 Å². The molecule has 3 aromatic rings. The van der Waals surface area contributed by atoms with Crippen molar-refractivity contribution in [2.24, 2.45) is 0 Å². The first-order chi connectivity index (χ1) is 16.0.